The van der Waals surface area contributed by atoms with Crippen LogP contribution in [0.4, 0.5) is 5.69 Å². The van der Waals surface area contributed by atoms with E-state index in [0.717, 1.165) is 17.8 Å². The van der Waals surface area contributed by atoms with E-state index < -0.39 is 0 Å². The van der Waals surface area contributed by atoms with Crippen LogP contribution in [0.3, 0.4) is 0 Å². The molecule has 0 bridgehead atoms. The van der Waals surface area contributed by atoms with Crippen LogP contribution >= 0.6 is 0 Å². The van der Waals surface area contributed by atoms with Gasteiger partial charge in [0.1, 0.15) is 0 Å². The number of isocyanates is 2. The van der Waals surface area contributed by atoms with Crippen LogP contribution in [-0.2, 0) is 9.59 Å². The van der Waals surface area contributed by atoms with E-state index in [2.05, 4.69) is 10.5 Å². The lowest BCUT2D eigenvalue weighted by molar-refractivity contribution is 0.562. The number of allylic oxidation sites excluding steroid dienone is 1. The van der Waals surface area contributed by atoms with E-state index in [1.165, 1.54) is 5.56 Å². The predicted molar refractivity (Wildman–Crippen MR) is 64.4 cm³/mol. The van der Waals surface area contributed by atoms with Crippen molar-refractivity contribution in [1.82, 2.24) is 0 Å². The Morgan fingerprint density at radius 2 is 1.71 bits per heavy atom. The molecule has 17 heavy (non-hydrogen) atoms. The van der Waals surface area contributed by atoms with Crippen molar-refractivity contribution in [3.05, 3.63) is 35.9 Å². The molecule has 1 aliphatic rings. The lowest BCUT2D eigenvalue weighted by Crippen LogP contribution is -1.87. The van der Waals surface area contributed by atoms with Crippen LogP contribution in [0.1, 0.15) is 5.56 Å². The number of rotatable bonds is 0. The molecule has 0 atom stereocenters. The van der Waals surface area contributed by atoms with Crippen molar-refractivity contribution < 1.29 is 9.59 Å². The molecule has 1 aliphatic heterocycles. The molecule has 2 rings (SSSR count). The molecule has 6 heteroatoms. The number of carbonyl (C=O) groups excluding carboxylic acids is 2. The molecule has 1 heterocycles. The van der Waals surface area contributed by atoms with Crippen molar-refractivity contribution in [3.63, 3.8) is 0 Å². The summed E-state index contributed by atoms with van der Waals surface area (Å²) in [6, 6.07) is 8.05. The van der Waals surface area contributed by atoms with Gasteiger partial charge in [-0.1, -0.05) is 24.3 Å². The molecule has 0 fully saturated rings. The maximum absolute atomic E-state index is 8.35. The van der Waals surface area contributed by atoms with Crippen LogP contribution in [0.5, 0.6) is 0 Å². The first-order chi connectivity index (χ1) is 8.29. The fourth-order valence-electron chi connectivity index (χ4n) is 1.04. The van der Waals surface area contributed by atoms with Crippen molar-refractivity contribution >= 4 is 30.1 Å². The average Bonchev–Trinajstić information content (AvgIpc) is 2.56. The van der Waals surface area contributed by atoms with Gasteiger partial charge in [0.2, 0.25) is 12.2 Å². The third-order valence-corrected chi connectivity index (χ3v) is 1.58. The van der Waals surface area contributed by atoms with E-state index in [1.54, 1.807) is 6.21 Å². The number of benzene rings is 1. The number of nitrogens with zero attached hydrogens (tertiary/aromatic N) is 1. The van der Waals surface area contributed by atoms with Crippen molar-refractivity contribution in [3.8, 4) is 0 Å². The minimum absolute atomic E-state index is 0.750. The highest BCUT2D eigenvalue weighted by Crippen LogP contribution is 2.17. The normalized spacial score (nSPS) is 9.65. The van der Waals surface area contributed by atoms with Crippen LogP contribution in [0.2, 0.25) is 0 Å². The van der Waals surface area contributed by atoms with E-state index in [0.29, 0.717) is 0 Å². The Morgan fingerprint density at radius 3 is 2.35 bits per heavy atom. The Hall–Kier alpha value is -2.81. The Kier molecular flexibility index (Phi) is 8.12. The molecule has 6 nitrogen and oxygen atoms in total. The molecular formula is C11H10N4O2. The Morgan fingerprint density at radius 1 is 1.12 bits per heavy atom. The van der Waals surface area contributed by atoms with Crippen molar-refractivity contribution in [1.29, 1.82) is 10.8 Å². The summed E-state index contributed by atoms with van der Waals surface area (Å²) in [5.74, 6) is 0. The van der Waals surface area contributed by atoms with Gasteiger partial charge in [-0.05, 0) is 17.7 Å². The van der Waals surface area contributed by atoms with Crippen LogP contribution in [0, 0.1) is 10.8 Å². The molecular weight excluding hydrogens is 220 g/mol. The van der Waals surface area contributed by atoms with Gasteiger partial charge in [-0.25, -0.2) is 20.4 Å². The van der Waals surface area contributed by atoms with E-state index in [9.17, 15) is 0 Å². The highest BCUT2D eigenvalue weighted by Gasteiger charge is 1.96. The van der Waals surface area contributed by atoms with Gasteiger partial charge in [-0.3, -0.25) is 5.43 Å². The van der Waals surface area contributed by atoms with E-state index in [1.807, 2.05) is 36.4 Å². The molecule has 0 saturated heterocycles. The number of hydrogen-bond acceptors (Lipinski definition) is 6. The minimum atomic E-state index is 0.750. The number of para-hydroxylation sites is 1. The molecule has 0 saturated carbocycles. The minimum Gasteiger partial charge on any atom is -0.278 e. The van der Waals surface area contributed by atoms with Crippen molar-refractivity contribution in [2.75, 3.05) is 5.43 Å². The summed E-state index contributed by atoms with van der Waals surface area (Å²) in [5, 5.41) is 14.8. The van der Waals surface area contributed by atoms with Gasteiger partial charge in [0, 0.05) is 6.21 Å². The summed E-state index contributed by atoms with van der Waals surface area (Å²) in [5.41, 5.74) is 5.16. The molecule has 0 radical (unpaired) electrons. The second-order valence-electron chi connectivity index (χ2n) is 2.54. The summed E-state index contributed by atoms with van der Waals surface area (Å²) < 4.78 is 0. The fraction of sp³-hybridized carbons (Fsp3) is 0. The molecule has 3 N–H and O–H groups in total. The second-order valence-corrected chi connectivity index (χ2v) is 2.54. The maximum atomic E-state index is 8.35. The van der Waals surface area contributed by atoms with Crippen molar-refractivity contribution in [2.45, 2.75) is 0 Å². The summed E-state index contributed by atoms with van der Waals surface area (Å²) in [6.45, 7) is 0. The maximum Gasteiger partial charge on any atom is 0.231 e. The zero-order valence-electron chi connectivity index (χ0n) is 8.81. The van der Waals surface area contributed by atoms with Crippen LogP contribution in [-0.4, -0.2) is 18.4 Å². The Balaban J connectivity index is 0.000000366. The number of fused-ring (bicyclic) bond motifs is 1. The lowest BCUT2D eigenvalue weighted by atomic mass is 10.2. The van der Waals surface area contributed by atoms with Gasteiger partial charge < -0.3 is 0 Å². The second kappa shape index (κ2) is 9.73. The zero-order valence-corrected chi connectivity index (χ0v) is 8.81. The largest absolute Gasteiger partial charge is 0.278 e. The molecule has 0 aliphatic carbocycles. The molecule has 1 aromatic rings. The van der Waals surface area contributed by atoms with Gasteiger partial charge in [-0.2, -0.15) is 5.10 Å². The standard InChI is InChI=1S/C9H8N2.2CHNO/c1-2-6-9-8(4-1)5-3-7-10-11-9;2*2-1-3/h1-7,11H;2*2H. The summed E-state index contributed by atoms with van der Waals surface area (Å²) >= 11 is 0. The topological polar surface area (TPSA) is 106 Å². The van der Waals surface area contributed by atoms with Gasteiger partial charge in [0.25, 0.3) is 0 Å². The first kappa shape index (κ1) is 14.2. The van der Waals surface area contributed by atoms with Crippen LogP contribution in [0.15, 0.2) is 35.4 Å². The van der Waals surface area contributed by atoms with Crippen LogP contribution < -0.4 is 5.43 Å². The number of hydrazone groups is 1. The van der Waals surface area contributed by atoms with Crippen molar-refractivity contribution in [2.24, 2.45) is 5.10 Å². The smallest absolute Gasteiger partial charge is 0.231 e. The third-order valence-electron chi connectivity index (χ3n) is 1.58. The van der Waals surface area contributed by atoms with E-state index >= 15 is 0 Å². The van der Waals surface area contributed by atoms with E-state index in [-0.39, 0.29) is 0 Å². The quantitative estimate of drug-likeness (QED) is 0.468. The number of anilines is 1. The van der Waals surface area contributed by atoms with Gasteiger partial charge in [0.15, 0.2) is 0 Å². The summed E-state index contributed by atoms with van der Waals surface area (Å²) in [4.78, 5) is 16.7. The van der Waals surface area contributed by atoms with Gasteiger partial charge in [-0.15, -0.1) is 0 Å². The first-order valence-electron chi connectivity index (χ1n) is 4.42. The lowest BCUT2D eigenvalue weighted by Gasteiger charge is -2.00. The molecule has 0 aromatic heterocycles. The zero-order chi connectivity index (χ0) is 12.9. The van der Waals surface area contributed by atoms with Gasteiger partial charge >= 0.3 is 0 Å². The number of hydrogen-bond donors (Lipinski definition) is 3. The molecule has 0 amide bonds. The van der Waals surface area contributed by atoms with Crippen LogP contribution in [0.25, 0.3) is 6.08 Å². The number of nitrogens with one attached hydrogen (secondary N) is 3. The highest BCUT2D eigenvalue weighted by atomic mass is 16.1. The SMILES string of the molecule is C1=Cc2ccccc2NN=C1.N=C=O.N=C=O. The average molecular weight is 230 g/mol. The third kappa shape index (κ3) is 6.30. The summed E-state index contributed by atoms with van der Waals surface area (Å²) in [7, 11) is 0. The molecule has 86 valence electrons. The Bertz CT molecular complexity index is 456. The van der Waals surface area contributed by atoms with Gasteiger partial charge in [0.05, 0.1) is 5.69 Å². The highest BCUT2D eigenvalue weighted by molar-refractivity contribution is 5.83. The summed E-state index contributed by atoms with van der Waals surface area (Å²) in [6.07, 6.45) is 7.18. The molecule has 0 unspecified atom stereocenters. The van der Waals surface area contributed by atoms with E-state index in [4.69, 9.17) is 20.4 Å². The predicted octanol–water partition coefficient (Wildman–Crippen LogP) is 1.91. The molecule has 0 spiro atoms. The molecule has 1 aromatic carbocycles. The Labute approximate surface area is 97.7 Å². The fourth-order valence-corrected chi connectivity index (χ4v) is 1.04. The monoisotopic (exact) mass is 230 g/mol. The first-order valence-corrected chi connectivity index (χ1v) is 4.42.